The Morgan fingerprint density at radius 2 is 1.76 bits per heavy atom. The van der Waals surface area contributed by atoms with Crippen molar-refractivity contribution in [2.45, 2.75) is 0 Å². The molecule has 0 saturated heterocycles. The van der Waals surface area contributed by atoms with Gasteiger partial charge in [-0.25, -0.2) is 0 Å². The van der Waals surface area contributed by atoms with E-state index < -0.39 is 0 Å². The highest BCUT2D eigenvalue weighted by Crippen LogP contribution is 2.29. The standard InChI is InChI=1S/C12H14N2O3/c1-13-12-14-11(7-17-12)8-4-9(15-2)6-10(5-8)16-3/h4-7H,1-3H3,(H,13,14). The summed E-state index contributed by atoms with van der Waals surface area (Å²) in [5, 5.41) is 2.83. The summed E-state index contributed by atoms with van der Waals surface area (Å²) >= 11 is 0. The number of hydrogen-bond acceptors (Lipinski definition) is 5. The maximum atomic E-state index is 5.21. The minimum absolute atomic E-state index is 0.474. The van der Waals surface area contributed by atoms with Crippen molar-refractivity contribution in [2.24, 2.45) is 0 Å². The van der Waals surface area contributed by atoms with Gasteiger partial charge in [0.25, 0.3) is 6.01 Å². The van der Waals surface area contributed by atoms with Crippen molar-refractivity contribution >= 4 is 6.01 Å². The van der Waals surface area contributed by atoms with Crippen molar-refractivity contribution in [2.75, 3.05) is 26.6 Å². The minimum Gasteiger partial charge on any atom is -0.497 e. The van der Waals surface area contributed by atoms with Crippen molar-refractivity contribution in [1.82, 2.24) is 4.98 Å². The molecule has 2 rings (SSSR count). The van der Waals surface area contributed by atoms with Crippen molar-refractivity contribution < 1.29 is 13.9 Å². The second-order valence-corrected chi connectivity index (χ2v) is 3.39. The van der Waals surface area contributed by atoms with E-state index in [-0.39, 0.29) is 0 Å². The number of nitrogens with zero attached hydrogens (tertiary/aromatic N) is 1. The van der Waals surface area contributed by atoms with Crippen LogP contribution in [0.2, 0.25) is 0 Å². The minimum atomic E-state index is 0.474. The van der Waals surface area contributed by atoms with Crippen LogP contribution < -0.4 is 14.8 Å². The highest BCUT2D eigenvalue weighted by molar-refractivity contribution is 5.64. The molecule has 1 aromatic heterocycles. The lowest BCUT2D eigenvalue weighted by molar-refractivity contribution is 0.394. The summed E-state index contributed by atoms with van der Waals surface area (Å²) in [6.45, 7) is 0. The molecule has 0 aliphatic carbocycles. The molecular formula is C12H14N2O3. The van der Waals surface area contributed by atoms with Crippen LogP contribution in [0.5, 0.6) is 11.5 Å². The molecular weight excluding hydrogens is 220 g/mol. The summed E-state index contributed by atoms with van der Waals surface area (Å²) in [4.78, 5) is 4.26. The average molecular weight is 234 g/mol. The zero-order valence-corrected chi connectivity index (χ0v) is 9.98. The smallest absolute Gasteiger partial charge is 0.294 e. The molecule has 0 unspecified atom stereocenters. The number of benzene rings is 1. The molecule has 0 aliphatic rings. The van der Waals surface area contributed by atoms with E-state index in [1.54, 1.807) is 27.5 Å². The average Bonchev–Trinajstić information content (AvgIpc) is 2.86. The van der Waals surface area contributed by atoms with Crippen molar-refractivity contribution in [3.63, 3.8) is 0 Å². The monoisotopic (exact) mass is 234 g/mol. The lowest BCUT2D eigenvalue weighted by Gasteiger charge is -2.06. The molecule has 90 valence electrons. The van der Waals surface area contributed by atoms with Gasteiger partial charge in [0.1, 0.15) is 23.5 Å². The maximum absolute atomic E-state index is 5.21. The number of rotatable bonds is 4. The van der Waals surface area contributed by atoms with E-state index in [2.05, 4.69) is 10.3 Å². The number of aromatic nitrogens is 1. The summed E-state index contributed by atoms with van der Waals surface area (Å²) in [5.74, 6) is 1.43. The molecule has 2 aromatic rings. The Bertz CT molecular complexity index is 486. The topological polar surface area (TPSA) is 56.5 Å². The number of oxazole rings is 1. The van der Waals surface area contributed by atoms with Gasteiger partial charge in [-0.1, -0.05) is 0 Å². The van der Waals surface area contributed by atoms with Crippen LogP contribution in [0.3, 0.4) is 0 Å². The van der Waals surface area contributed by atoms with Gasteiger partial charge in [-0.2, -0.15) is 4.98 Å². The van der Waals surface area contributed by atoms with E-state index in [0.717, 1.165) is 11.3 Å². The molecule has 0 amide bonds. The highest BCUT2D eigenvalue weighted by atomic mass is 16.5. The third-order valence-corrected chi connectivity index (χ3v) is 2.37. The lowest BCUT2D eigenvalue weighted by atomic mass is 10.1. The summed E-state index contributed by atoms with van der Waals surface area (Å²) in [6.07, 6.45) is 1.58. The van der Waals surface area contributed by atoms with Crippen LogP contribution >= 0.6 is 0 Å². The van der Waals surface area contributed by atoms with Gasteiger partial charge in [-0.15, -0.1) is 0 Å². The van der Waals surface area contributed by atoms with Gasteiger partial charge in [-0.3, -0.25) is 0 Å². The Morgan fingerprint density at radius 1 is 1.12 bits per heavy atom. The fourth-order valence-corrected chi connectivity index (χ4v) is 1.48. The molecule has 5 heteroatoms. The first-order valence-electron chi connectivity index (χ1n) is 5.13. The summed E-state index contributed by atoms with van der Waals surface area (Å²) < 4.78 is 15.6. The molecule has 1 N–H and O–H groups in total. The SMILES string of the molecule is CNc1nc(-c2cc(OC)cc(OC)c2)co1. The lowest BCUT2D eigenvalue weighted by Crippen LogP contribution is -1.90. The first-order valence-corrected chi connectivity index (χ1v) is 5.13. The van der Waals surface area contributed by atoms with E-state index in [1.807, 2.05) is 18.2 Å². The number of nitrogens with one attached hydrogen (secondary N) is 1. The molecule has 0 fully saturated rings. The Balaban J connectivity index is 2.43. The summed E-state index contributed by atoms with van der Waals surface area (Å²) in [6, 6.07) is 6.03. The van der Waals surface area contributed by atoms with Crippen LogP contribution in [-0.2, 0) is 0 Å². The molecule has 5 nitrogen and oxygen atoms in total. The quantitative estimate of drug-likeness (QED) is 0.880. The van der Waals surface area contributed by atoms with Crippen molar-refractivity contribution in [1.29, 1.82) is 0 Å². The third-order valence-electron chi connectivity index (χ3n) is 2.37. The van der Waals surface area contributed by atoms with E-state index in [1.165, 1.54) is 0 Å². The van der Waals surface area contributed by atoms with Gasteiger partial charge in [0, 0.05) is 18.7 Å². The Morgan fingerprint density at radius 3 is 2.24 bits per heavy atom. The number of anilines is 1. The highest BCUT2D eigenvalue weighted by Gasteiger charge is 2.08. The molecule has 1 aromatic carbocycles. The first-order chi connectivity index (χ1) is 8.26. The fourth-order valence-electron chi connectivity index (χ4n) is 1.48. The van der Waals surface area contributed by atoms with Crippen LogP contribution in [0.4, 0.5) is 6.01 Å². The zero-order valence-electron chi connectivity index (χ0n) is 9.98. The van der Waals surface area contributed by atoms with E-state index in [0.29, 0.717) is 17.5 Å². The Labute approximate surface area is 99.4 Å². The van der Waals surface area contributed by atoms with Gasteiger partial charge in [0.15, 0.2) is 0 Å². The van der Waals surface area contributed by atoms with Crippen LogP contribution in [0.25, 0.3) is 11.3 Å². The van der Waals surface area contributed by atoms with Gasteiger partial charge in [0.2, 0.25) is 0 Å². The zero-order chi connectivity index (χ0) is 12.3. The van der Waals surface area contributed by atoms with Gasteiger partial charge >= 0.3 is 0 Å². The van der Waals surface area contributed by atoms with E-state index in [9.17, 15) is 0 Å². The van der Waals surface area contributed by atoms with Gasteiger partial charge in [0.05, 0.1) is 14.2 Å². The second-order valence-electron chi connectivity index (χ2n) is 3.39. The fraction of sp³-hybridized carbons (Fsp3) is 0.250. The molecule has 17 heavy (non-hydrogen) atoms. The Hall–Kier alpha value is -2.17. The number of hydrogen-bond donors (Lipinski definition) is 1. The summed E-state index contributed by atoms with van der Waals surface area (Å²) in [7, 11) is 4.97. The van der Waals surface area contributed by atoms with Crippen molar-refractivity contribution in [3.05, 3.63) is 24.5 Å². The molecule has 0 aliphatic heterocycles. The molecule has 0 bridgehead atoms. The molecule has 0 spiro atoms. The molecule has 0 atom stereocenters. The van der Waals surface area contributed by atoms with Crippen LogP contribution in [0.15, 0.2) is 28.9 Å². The van der Waals surface area contributed by atoms with E-state index >= 15 is 0 Å². The van der Waals surface area contributed by atoms with Gasteiger partial charge < -0.3 is 19.2 Å². The number of ether oxygens (including phenoxy) is 2. The third kappa shape index (κ3) is 2.33. The Kier molecular flexibility index (Phi) is 3.18. The van der Waals surface area contributed by atoms with Crippen LogP contribution in [-0.4, -0.2) is 26.3 Å². The number of methoxy groups -OCH3 is 2. The maximum Gasteiger partial charge on any atom is 0.294 e. The molecule has 0 saturated carbocycles. The van der Waals surface area contributed by atoms with Crippen LogP contribution in [0, 0.1) is 0 Å². The van der Waals surface area contributed by atoms with E-state index in [4.69, 9.17) is 13.9 Å². The second kappa shape index (κ2) is 4.78. The summed E-state index contributed by atoms with van der Waals surface area (Å²) in [5.41, 5.74) is 1.61. The van der Waals surface area contributed by atoms with Crippen molar-refractivity contribution in [3.8, 4) is 22.8 Å². The molecule has 0 radical (unpaired) electrons. The molecule has 1 heterocycles. The normalized spacial score (nSPS) is 10.1. The predicted molar refractivity (Wildman–Crippen MR) is 64.6 cm³/mol. The van der Waals surface area contributed by atoms with Gasteiger partial charge in [-0.05, 0) is 12.1 Å². The first kappa shape index (κ1) is 11.3. The van der Waals surface area contributed by atoms with Crippen LogP contribution in [0.1, 0.15) is 0 Å². The predicted octanol–water partition coefficient (Wildman–Crippen LogP) is 2.40. The largest absolute Gasteiger partial charge is 0.497 e.